The number of aromatic nitrogens is 5. The molecule has 7 nitrogen and oxygen atoms in total. The van der Waals surface area contributed by atoms with E-state index in [9.17, 15) is 4.79 Å². The van der Waals surface area contributed by atoms with Gasteiger partial charge in [0.1, 0.15) is 11.8 Å². The minimum atomic E-state index is -4.61. The standard InChI is InChI=1S/C32H37F3N6O/c1-20-6-5-13-40(16-20)17-24-15-26-27(21-11-12-21)18-41(29(42)28(26)37-24)25-10-4-9-23(14-25)31(32(33,34)35,22-7-3-8-22)30-38-36-19-39(30)2/h4,9-10,14-15,18-22,37H,3,5-8,11-13,16-17H2,1-2H3/t20-,31?/m0/s1. The summed E-state index contributed by atoms with van der Waals surface area (Å²) in [5.74, 6) is 0.240. The van der Waals surface area contributed by atoms with E-state index in [-0.39, 0.29) is 16.9 Å². The first-order valence-corrected chi connectivity index (χ1v) is 15.2. The van der Waals surface area contributed by atoms with Crippen LogP contribution in [0.25, 0.3) is 16.6 Å². The van der Waals surface area contributed by atoms with E-state index in [0.717, 1.165) is 55.5 Å². The summed E-state index contributed by atoms with van der Waals surface area (Å²) in [7, 11) is 1.56. The van der Waals surface area contributed by atoms with Gasteiger partial charge in [-0.2, -0.15) is 13.2 Å². The van der Waals surface area contributed by atoms with Gasteiger partial charge in [-0.05, 0) is 92.1 Å². The molecule has 4 aromatic rings. The van der Waals surface area contributed by atoms with Crippen molar-refractivity contribution in [3.8, 4) is 5.69 Å². The van der Waals surface area contributed by atoms with Crippen molar-refractivity contribution in [1.82, 2.24) is 29.2 Å². The average Bonchev–Trinajstić information content (AvgIpc) is 3.53. The number of halogens is 3. The number of likely N-dealkylation sites (tertiary alicyclic amines) is 1. The highest BCUT2D eigenvalue weighted by Gasteiger charge is 2.65. The van der Waals surface area contributed by atoms with Gasteiger partial charge in [-0.15, -0.1) is 10.2 Å². The zero-order chi connectivity index (χ0) is 29.2. The van der Waals surface area contributed by atoms with Crippen molar-refractivity contribution in [2.45, 2.75) is 75.9 Å². The molecule has 0 amide bonds. The van der Waals surface area contributed by atoms with E-state index in [1.54, 1.807) is 29.8 Å². The van der Waals surface area contributed by atoms with Crippen molar-refractivity contribution < 1.29 is 13.2 Å². The minimum Gasteiger partial charge on any atom is -0.353 e. The maximum absolute atomic E-state index is 15.3. The maximum atomic E-state index is 15.3. The highest BCUT2D eigenvalue weighted by atomic mass is 19.4. The minimum absolute atomic E-state index is 0.0969. The first-order chi connectivity index (χ1) is 20.2. The molecule has 0 spiro atoms. The summed E-state index contributed by atoms with van der Waals surface area (Å²) in [4.78, 5) is 19.8. The molecule has 0 radical (unpaired) electrons. The molecule has 2 saturated carbocycles. The predicted molar refractivity (Wildman–Crippen MR) is 155 cm³/mol. The summed E-state index contributed by atoms with van der Waals surface area (Å²) in [5, 5.41) is 8.78. The summed E-state index contributed by atoms with van der Waals surface area (Å²) in [6, 6.07) is 8.55. The van der Waals surface area contributed by atoms with Gasteiger partial charge in [-0.25, -0.2) is 0 Å². The zero-order valence-electron chi connectivity index (χ0n) is 24.1. The van der Waals surface area contributed by atoms with Gasteiger partial charge < -0.3 is 9.55 Å². The Morgan fingerprint density at radius 1 is 1.07 bits per heavy atom. The molecule has 3 aromatic heterocycles. The molecule has 1 N–H and O–H groups in total. The number of nitrogens with one attached hydrogen (secondary N) is 1. The van der Waals surface area contributed by atoms with Crippen molar-refractivity contribution in [3.63, 3.8) is 0 Å². The van der Waals surface area contributed by atoms with E-state index in [4.69, 9.17) is 0 Å². The Bertz CT molecular complexity index is 1680. The molecular weight excluding hydrogens is 541 g/mol. The van der Waals surface area contributed by atoms with Crippen LogP contribution in [0.15, 0.2) is 47.7 Å². The van der Waals surface area contributed by atoms with Crippen molar-refractivity contribution in [3.05, 3.63) is 75.9 Å². The normalized spacial score (nSPS) is 21.9. The van der Waals surface area contributed by atoms with Crippen LogP contribution in [-0.4, -0.2) is 48.5 Å². The largest absolute Gasteiger partial charge is 0.405 e. The molecule has 7 rings (SSSR count). The van der Waals surface area contributed by atoms with Crippen molar-refractivity contribution in [1.29, 1.82) is 0 Å². The molecule has 1 aromatic carbocycles. The summed E-state index contributed by atoms with van der Waals surface area (Å²) < 4.78 is 48.9. The monoisotopic (exact) mass is 578 g/mol. The maximum Gasteiger partial charge on any atom is 0.405 e. The number of alkyl halides is 3. The molecule has 2 atom stereocenters. The second kappa shape index (κ2) is 10.1. The first kappa shape index (κ1) is 27.4. The molecule has 1 unspecified atom stereocenters. The molecular formula is C32H37F3N6O. The van der Waals surface area contributed by atoms with Gasteiger partial charge in [0.15, 0.2) is 11.2 Å². The lowest BCUT2D eigenvalue weighted by Crippen LogP contribution is -2.53. The third-order valence-corrected chi connectivity index (χ3v) is 9.85. The Labute approximate surface area is 242 Å². The molecule has 10 heteroatoms. The van der Waals surface area contributed by atoms with Crippen LogP contribution >= 0.6 is 0 Å². The summed E-state index contributed by atoms with van der Waals surface area (Å²) >= 11 is 0. The highest BCUT2D eigenvalue weighted by molar-refractivity contribution is 5.84. The zero-order valence-corrected chi connectivity index (χ0v) is 24.1. The molecule has 1 aliphatic heterocycles. The second-order valence-corrected chi connectivity index (χ2v) is 12.8. The van der Waals surface area contributed by atoms with Gasteiger partial charge in [0.2, 0.25) is 0 Å². The van der Waals surface area contributed by atoms with Gasteiger partial charge in [0, 0.05) is 43.1 Å². The number of piperidine rings is 1. The van der Waals surface area contributed by atoms with E-state index in [1.165, 1.54) is 29.8 Å². The van der Waals surface area contributed by atoms with E-state index in [1.807, 2.05) is 6.20 Å². The van der Waals surface area contributed by atoms with Gasteiger partial charge in [0.05, 0.1) is 0 Å². The number of rotatable bonds is 7. The fourth-order valence-corrected chi connectivity index (χ4v) is 7.41. The molecule has 0 bridgehead atoms. The molecule has 4 heterocycles. The third-order valence-electron chi connectivity index (χ3n) is 9.85. The number of aryl methyl sites for hydroxylation is 1. The molecule has 42 heavy (non-hydrogen) atoms. The first-order valence-electron chi connectivity index (χ1n) is 15.2. The van der Waals surface area contributed by atoms with Crippen LogP contribution in [0.1, 0.15) is 80.4 Å². The second-order valence-electron chi connectivity index (χ2n) is 12.8. The Hall–Kier alpha value is -3.40. The topological polar surface area (TPSA) is 71.7 Å². The van der Waals surface area contributed by atoms with Gasteiger partial charge in [-0.3, -0.25) is 14.3 Å². The van der Waals surface area contributed by atoms with Crippen molar-refractivity contribution in [2.75, 3.05) is 13.1 Å². The lowest BCUT2D eigenvalue weighted by Gasteiger charge is -2.45. The molecule has 222 valence electrons. The van der Waals surface area contributed by atoms with Crippen LogP contribution in [0.3, 0.4) is 0 Å². The van der Waals surface area contributed by atoms with E-state index >= 15 is 13.2 Å². The van der Waals surface area contributed by atoms with Crippen LogP contribution < -0.4 is 5.56 Å². The lowest BCUT2D eigenvalue weighted by molar-refractivity contribution is -0.203. The Morgan fingerprint density at radius 2 is 1.88 bits per heavy atom. The highest BCUT2D eigenvalue weighted by Crippen LogP contribution is 2.56. The number of hydrogen-bond donors (Lipinski definition) is 1. The number of hydrogen-bond acceptors (Lipinski definition) is 4. The SMILES string of the molecule is C[C@H]1CCCN(Cc2cc3c(C4CC4)cn(-c4cccc(C(c5nncn5C)(C5CCC5)C(F)(F)F)c4)c(=O)c3[nH]2)C1. The number of aromatic amines is 1. The quantitative estimate of drug-likeness (QED) is 0.283. The Kier molecular flexibility index (Phi) is 6.60. The molecule has 3 aliphatic rings. The Morgan fingerprint density at radius 3 is 2.52 bits per heavy atom. The number of fused-ring (bicyclic) bond motifs is 1. The van der Waals surface area contributed by atoms with Gasteiger partial charge in [-0.1, -0.05) is 25.5 Å². The number of pyridine rings is 1. The molecule has 3 fully saturated rings. The third kappa shape index (κ3) is 4.41. The summed E-state index contributed by atoms with van der Waals surface area (Å²) in [6.07, 6.45) is 4.74. The molecule has 1 saturated heterocycles. The van der Waals surface area contributed by atoms with Crippen LogP contribution in [0.2, 0.25) is 0 Å². The van der Waals surface area contributed by atoms with E-state index in [0.29, 0.717) is 35.9 Å². The smallest absolute Gasteiger partial charge is 0.353 e. The van der Waals surface area contributed by atoms with Crippen LogP contribution in [0.5, 0.6) is 0 Å². The number of H-pyrrole nitrogens is 1. The van der Waals surface area contributed by atoms with E-state index in [2.05, 4.69) is 33.1 Å². The summed E-state index contributed by atoms with van der Waals surface area (Å²) in [5.41, 5.74) is 0.581. The fraction of sp³-hybridized carbons (Fsp3) is 0.531. The molecule has 2 aliphatic carbocycles. The van der Waals surface area contributed by atoms with Crippen LogP contribution in [0.4, 0.5) is 13.2 Å². The number of nitrogens with zero attached hydrogens (tertiary/aromatic N) is 5. The van der Waals surface area contributed by atoms with Crippen LogP contribution in [0, 0.1) is 11.8 Å². The van der Waals surface area contributed by atoms with Gasteiger partial charge >= 0.3 is 6.18 Å². The van der Waals surface area contributed by atoms with Crippen LogP contribution in [-0.2, 0) is 19.0 Å². The van der Waals surface area contributed by atoms with E-state index < -0.39 is 17.5 Å². The van der Waals surface area contributed by atoms with Gasteiger partial charge in [0.25, 0.3) is 5.56 Å². The predicted octanol–water partition coefficient (Wildman–Crippen LogP) is 6.21. The van der Waals surface area contributed by atoms with Crippen molar-refractivity contribution in [2.24, 2.45) is 18.9 Å². The summed E-state index contributed by atoms with van der Waals surface area (Å²) in [6.45, 7) is 5.11. The lowest BCUT2D eigenvalue weighted by atomic mass is 9.60. The van der Waals surface area contributed by atoms with Crippen molar-refractivity contribution >= 4 is 10.9 Å². The Balaban J connectivity index is 1.35. The average molecular weight is 579 g/mol. The fourth-order valence-electron chi connectivity index (χ4n) is 7.41. The number of benzene rings is 1.